The minimum absolute atomic E-state index is 0.193. The summed E-state index contributed by atoms with van der Waals surface area (Å²) >= 11 is 0. The lowest BCUT2D eigenvalue weighted by Crippen LogP contribution is -2.55. The highest BCUT2D eigenvalue weighted by molar-refractivity contribution is 5.96. The van der Waals surface area contributed by atoms with Crippen molar-refractivity contribution in [2.75, 3.05) is 13.1 Å². The first-order valence-electron chi connectivity index (χ1n) is 7.53. The van der Waals surface area contributed by atoms with Crippen LogP contribution in [0, 0.1) is 33.5 Å². The third-order valence-corrected chi connectivity index (χ3v) is 5.70. The van der Waals surface area contributed by atoms with Crippen LogP contribution in [-0.4, -0.2) is 35.5 Å². The molecule has 1 aliphatic carbocycles. The average Bonchev–Trinajstić information content (AvgIpc) is 2.77. The first-order chi connectivity index (χ1) is 10.3. The monoisotopic (exact) mass is 303 g/mol. The van der Waals surface area contributed by atoms with Gasteiger partial charge in [-0.1, -0.05) is 13.8 Å². The Morgan fingerprint density at radius 3 is 2.09 bits per heavy atom. The van der Waals surface area contributed by atoms with Gasteiger partial charge in [0.15, 0.2) is 5.60 Å². The number of esters is 1. The maximum Gasteiger partial charge on any atom is 0.313 e. The minimum atomic E-state index is -1.16. The number of ether oxygens (including phenoxy) is 1. The molecular formula is C16H21N3O3. The fourth-order valence-corrected chi connectivity index (χ4v) is 3.66. The van der Waals surface area contributed by atoms with Crippen molar-refractivity contribution in [3.05, 3.63) is 0 Å². The number of hydrogen-bond acceptors (Lipinski definition) is 5. The van der Waals surface area contributed by atoms with Crippen LogP contribution in [0.1, 0.15) is 46.5 Å². The predicted molar refractivity (Wildman–Crippen MR) is 77.0 cm³/mol. The van der Waals surface area contributed by atoms with E-state index in [9.17, 15) is 9.59 Å². The van der Waals surface area contributed by atoms with Crippen LogP contribution >= 0.6 is 0 Å². The summed E-state index contributed by atoms with van der Waals surface area (Å²) in [6.45, 7) is 6.16. The summed E-state index contributed by atoms with van der Waals surface area (Å²) < 4.78 is 5.57. The maximum atomic E-state index is 13.1. The molecule has 1 saturated carbocycles. The van der Waals surface area contributed by atoms with E-state index in [-0.39, 0.29) is 37.8 Å². The second kappa shape index (κ2) is 5.28. The van der Waals surface area contributed by atoms with Crippen molar-refractivity contribution in [1.82, 2.24) is 4.90 Å². The third-order valence-electron chi connectivity index (χ3n) is 5.70. The molecule has 2 atom stereocenters. The molecule has 6 nitrogen and oxygen atoms in total. The van der Waals surface area contributed by atoms with E-state index in [1.165, 1.54) is 4.90 Å². The maximum absolute atomic E-state index is 13.1. The van der Waals surface area contributed by atoms with Gasteiger partial charge in [-0.05, 0) is 19.8 Å². The molecule has 1 aliphatic heterocycles. The summed E-state index contributed by atoms with van der Waals surface area (Å²) in [5.74, 6) is -0.588. The molecule has 0 radical (unpaired) electrons. The molecule has 2 bridgehead atoms. The van der Waals surface area contributed by atoms with Crippen LogP contribution in [0.4, 0.5) is 0 Å². The van der Waals surface area contributed by atoms with Gasteiger partial charge in [0.2, 0.25) is 0 Å². The number of nitrogens with zero attached hydrogens (tertiary/aromatic N) is 3. The Bertz CT molecular complexity index is 568. The highest BCUT2D eigenvalue weighted by Crippen LogP contribution is 2.65. The molecule has 1 saturated heterocycles. The van der Waals surface area contributed by atoms with Crippen molar-refractivity contribution in [3.63, 3.8) is 0 Å². The highest BCUT2D eigenvalue weighted by Gasteiger charge is 2.76. The lowest BCUT2D eigenvalue weighted by atomic mass is 9.66. The summed E-state index contributed by atoms with van der Waals surface area (Å²) in [5.41, 5.74) is -2.42. The SMILES string of the molecule is CC1(C)[C@@]2(C)CC[C@@]1(C(=O)N(CCC#N)CCC#N)OC2=O. The molecule has 0 aromatic rings. The Morgan fingerprint density at radius 2 is 1.73 bits per heavy atom. The highest BCUT2D eigenvalue weighted by atomic mass is 16.6. The second-order valence-corrected chi connectivity index (χ2v) is 6.78. The van der Waals surface area contributed by atoms with Gasteiger partial charge in [-0.2, -0.15) is 10.5 Å². The molecule has 22 heavy (non-hydrogen) atoms. The average molecular weight is 303 g/mol. The number of hydrogen-bond donors (Lipinski definition) is 0. The lowest BCUT2D eigenvalue weighted by Gasteiger charge is -2.38. The first-order valence-corrected chi connectivity index (χ1v) is 7.53. The number of carbonyl (C=O) groups excluding carboxylic acids is 2. The van der Waals surface area contributed by atoms with Crippen molar-refractivity contribution in [2.45, 2.75) is 52.1 Å². The largest absolute Gasteiger partial charge is 0.448 e. The zero-order chi connectivity index (χ0) is 16.6. The van der Waals surface area contributed by atoms with Crippen LogP contribution in [0.2, 0.25) is 0 Å². The molecule has 0 N–H and O–H groups in total. The fourth-order valence-electron chi connectivity index (χ4n) is 3.66. The van der Waals surface area contributed by atoms with E-state index in [0.717, 1.165) is 0 Å². The molecule has 118 valence electrons. The van der Waals surface area contributed by atoms with Gasteiger partial charge in [0.05, 0.1) is 30.4 Å². The quantitative estimate of drug-likeness (QED) is 0.721. The number of fused-ring (bicyclic) bond motifs is 2. The molecule has 0 spiro atoms. The van der Waals surface area contributed by atoms with E-state index in [1.807, 2.05) is 32.9 Å². The Labute approximate surface area is 130 Å². The van der Waals surface area contributed by atoms with Crippen LogP contribution in [0.25, 0.3) is 0 Å². The van der Waals surface area contributed by atoms with Gasteiger partial charge >= 0.3 is 5.97 Å². The van der Waals surface area contributed by atoms with Gasteiger partial charge in [-0.25, -0.2) is 0 Å². The summed E-state index contributed by atoms with van der Waals surface area (Å²) in [4.78, 5) is 26.8. The van der Waals surface area contributed by atoms with Crippen LogP contribution in [0.3, 0.4) is 0 Å². The normalized spacial score (nSPS) is 31.2. The molecule has 6 heteroatoms. The predicted octanol–water partition coefficient (Wildman–Crippen LogP) is 1.76. The number of carbonyl (C=O) groups is 2. The summed E-state index contributed by atoms with van der Waals surface area (Å²) in [6, 6.07) is 4.03. The van der Waals surface area contributed by atoms with Crippen LogP contribution < -0.4 is 0 Å². The summed E-state index contributed by atoms with van der Waals surface area (Å²) in [5, 5.41) is 17.5. The Morgan fingerprint density at radius 1 is 1.18 bits per heavy atom. The smallest absolute Gasteiger partial charge is 0.313 e. The van der Waals surface area contributed by atoms with Gasteiger partial charge in [-0.3, -0.25) is 9.59 Å². The molecule has 2 fully saturated rings. The van der Waals surface area contributed by atoms with E-state index < -0.39 is 16.4 Å². The summed E-state index contributed by atoms with van der Waals surface area (Å²) in [7, 11) is 0. The number of amides is 1. The van der Waals surface area contributed by atoms with Crippen molar-refractivity contribution in [2.24, 2.45) is 10.8 Å². The Balaban J connectivity index is 2.32. The lowest BCUT2D eigenvalue weighted by molar-refractivity contribution is -0.174. The van der Waals surface area contributed by atoms with Gasteiger partial charge in [0, 0.05) is 18.5 Å². The zero-order valence-corrected chi connectivity index (χ0v) is 13.3. The van der Waals surface area contributed by atoms with E-state index >= 15 is 0 Å². The van der Waals surface area contributed by atoms with E-state index in [1.54, 1.807) is 0 Å². The number of nitriles is 2. The topological polar surface area (TPSA) is 94.2 Å². The van der Waals surface area contributed by atoms with E-state index in [2.05, 4.69) is 0 Å². The molecule has 2 aliphatic rings. The molecular weight excluding hydrogens is 282 g/mol. The van der Waals surface area contributed by atoms with Crippen molar-refractivity contribution >= 4 is 11.9 Å². The molecule has 1 amide bonds. The molecule has 0 aromatic carbocycles. The Kier molecular flexibility index (Phi) is 3.91. The minimum Gasteiger partial charge on any atom is -0.448 e. The molecule has 2 rings (SSSR count). The van der Waals surface area contributed by atoms with Crippen LogP contribution in [0.5, 0.6) is 0 Å². The van der Waals surface area contributed by atoms with Crippen molar-refractivity contribution < 1.29 is 14.3 Å². The summed E-state index contributed by atoms with van der Waals surface area (Å²) in [6.07, 6.45) is 1.50. The standard InChI is InChI=1S/C16H21N3O3/c1-14(2)15(3)6-7-16(14,22-13(15)21)12(20)19(10-4-8-17)11-5-9-18/h4-7,10-11H2,1-3H3/t15-,16-/m0/s1. The van der Waals surface area contributed by atoms with Crippen molar-refractivity contribution in [3.8, 4) is 12.1 Å². The Hall–Kier alpha value is -2.08. The van der Waals surface area contributed by atoms with Crippen LogP contribution in [0.15, 0.2) is 0 Å². The van der Waals surface area contributed by atoms with Gasteiger partial charge in [0.25, 0.3) is 5.91 Å². The molecule has 0 aromatic heterocycles. The third kappa shape index (κ3) is 1.90. The van der Waals surface area contributed by atoms with E-state index in [0.29, 0.717) is 12.8 Å². The second-order valence-electron chi connectivity index (χ2n) is 6.78. The van der Waals surface area contributed by atoms with E-state index in [4.69, 9.17) is 15.3 Å². The van der Waals surface area contributed by atoms with Gasteiger partial charge < -0.3 is 9.64 Å². The van der Waals surface area contributed by atoms with Gasteiger partial charge in [-0.15, -0.1) is 0 Å². The fraction of sp³-hybridized carbons (Fsp3) is 0.750. The molecule has 0 unspecified atom stereocenters. The first kappa shape index (κ1) is 16.3. The number of rotatable bonds is 5. The van der Waals surface area contributed by atoms with Crippen LogP contribution in [-0.2, 0) is 14.3 Å². The van der Waals surface area contributed by atoms with Gasteiger partial charge in [0.1, 0.15) is 0 Å². The zero-order valence-electron chi connectivity index (χ0n) is 13.3. The van der Waals surface area contributed by atoms with Crippen molar-refractivity contribution in [1.29, 1.82) is 10.5 Å². The molecule has 1 heterocycles.